The van der Waals surface area contributed by atoms with Crippen molar-refractivity contribution in [1.82, 2.24) is 4.90 Å². The Balaban J connectivity index is 2.60. The van der Waals surface area contributed by atoms with Gasteiger partial charge < -0.3 is 14.7 Å². The second-order valence-electron chi connectivity index (χ2n) is 5.49. The number of likely N-dealkylation sites (tertiary alicyclic amines) is 1. The topological polar surface area (TPSA) is 66.8 Å². The minimum absolute atomic E-state index is 0.00770. The van der Waals surface area contributed by atoms with Gasteiger partial charge in [-0.25, -0.2) is 0 Å². The summed E-state index contributed by atoms with van der Waals surface area (Å²) < 4.78 is 5.27. The highest BCUT2D eigenvalue weighted by atomic mass is 16.5. The largest absolute Gasteiger partial charge is 0.481 e. The zero-order valence-corrected chi connectivity index (χ0v) is 12.1. The molecular formula is C14H25NO4. The second kappa shape index (κ2) is 7.48. The maximum Gasteiger partial charge on any atom is 0.305 e. The number of amides is 1. The maximum atomic E-state index is 12.3. The molecule has 1 saturated heterocycles. The summed E-state index contributed by atoms with van der Waals surface area (Å²) in [5.74, 6) is -0.447. The third-order valence-corrected chi connectivity index (χ3v) is 3.74. The lowest BCUT2D eigenvalue weighted by atomic mass is 10.0. The van der Waals surface area contributed by atoms with E-state index < -0.39 is 5.97 Å². The highest BCUT2D eigenvalue weighted by molar-refractivity contribution is 5.78. The predicted octanol–water partition coefficient (Wildman–Crippen LogP) is 1.90. The van der Waals surface area contributed by atoms with Crippen molar-refractivity contribution < 1.29 is 19.4 Å². The summed E-state index contributed by atoms with van der Waals surface area (Å²) in [7, 11) is 1.61. The highest BCUT2D eigenvalue weighted by Crippen LogP contribution is 2.25. The van der Waals surface area contributed by atoms with Crippen LogP contribution < -0.4 is 0 Å². The normalized spacial score (nSPS) is 24.5. The number of rotatable bonds is 7. The van der Waals surface area contributed by atoms with Gasteiger partial charge in [-0.2, -0.15) is 0 Å². The Hall–Kier alpha value is -1.10. The molecule has 3 unspecified atom stereocenters. The van der Waals surface area contributed by atoms with Gasteiger partial charge >= 0.3 is 5.97 Å². The monoisotopic (exact) mass is 271 g/mol. The van der Waals surface area contributed by atoms with Gasteiger partial charge in [-0.15, -0.1) is 0 Å². The van der Waals surface area contributed by atoms with E-state index in [1.807, 2.05) is 0 Å². The Labute approximate surface area is 114 Å². The predicted molar refractivity (Wildman–Crippen MR) is 71.9 cm³/mol. The van der Waals surface area contributed by atoms with Gasteiger partial charge in [0, 0.05) is 26.1 Å². The first-order chi connectivity index (χ1) is 8.97. The van der Waals surface area contributed by atoms with Gasteiger partial charge in [0.1, 0.15) is 0 Å². The first-order valence-electron chi connectivity index (χ1n) is 7.01. The number of carbonyl (C=O) groups excluding carboxylic acids is 1. The molecule has 0 radical (unpaired) electrons. The van der Waals surface area contributed by atoms with Crippen LogP contribution in [-0.2, 0) is 14.3 Å². The van der Waals surface area contributed by atoms with Crippen molar-refractivity contribution in [3.05, 3.63) is 0 Å². The number of carboxylic acids is 1. The third kappa shape index (κ3) is 4.82. The summed E-state index contributed by atoms with van der Waals surface area (Å²) in [4.78, 5) is 24.8. The third-order valence-electron chi connectivity index (χ3n) is 3.74. The van der Waals surface area contributed by atoms with Crippen LogP contribution in [-0.4, -0.2) is 47.7 Å². The lowest BCUT2D eigenvalue weighted by Crippen LogP contribution is -2.38. The molecule has 5 heteroatoms. The van der Waals surface area contributed by atoms with Gasteiger partial charge in [-0.3, -0.25) is 9.59 Å². The number of carboxylic acid groups (broad SMARTS) is 1. The molecule has 0 spiro atoms. The van der Waals surface area contributed by atoms with Gasteiger partial charge in [-0.1, -0.05) is 26.7 Å². The molecule has 1 rings (SSSR count). The summed E-state index contributed by atoms with van der Waals surface area (Å²) >= 11 is 0. The van der Waals surface area contributed by atoms with Crippen molar-refractivity contribution in [2.75, 3.05) is 13.7 Å². The zero-order valence-electron chi connectivity index (χ0n) is 12.1. The number of carbonyl (C=O) groups is 2. The Kier molecular flexibility index (Phi) is 6.28. The summed E-state index contributed by atoms with van der Waals surface area (Å²) in [5.41, 5.74) is 0. The quantitative estimate of drug-likeness (QED) is 0.768. The van der Waals surface area contributed by atoms with Crippen molar-refractivity contribution in [2.24, 2.45) is 5.92 Å². The number of aliphatic carboxylic acids is 1. The SMILES string of the molecule is CCCC(C)CC(=O)N1CC(OC)CC1CC(=O)O. The van der Waals surface area contributed by atoms with Crippen molar-refractivity contribution in [1.29, 1.82) is 0 Å². The van der Waals surface area contributed by atoms with Gasteiger partial charge in [0.25, 0.3) is 0 Å². The molecule has 19 heavy (non-hydrogen) atoms. The molecule has 3 atom stereocenters. The van der Waals surface area contributed by atoms with Crippen LogP contribution in [0.5, 0.6) is 0 Å². The zero-order chi connectivity index (χ0) is 14.4. The summed E-state index contributed by atoms with van der Waals surface area (Å²) in [6.45, 7) is 4.69. The fourth-order valence-corrected chi connectivity index (χ4v) is 2.76. The fraction of sp³-hybridized carbons (Fsp3) is 0.857. The minimum atomic E-state index is -0.860. The van der Waals surface area contributed by atoms with Gasteiger partial charge in [0.15, 0.2) is 0 Å². The molecule has 1 amide bonds. The number of ether oxygens (including phenoxy) is 1. The molecule has 0 saturated carbocycles. The Bertz CT molecular complexity index is 319. The Morgan fingerprint density at radius 2 is 2.16 bits per heavy atom. The van der Waals surface area contributed by atoms with Crippen LogP contribution >= 0.6 is 0 Å². The van der Waals surface area contributed by atoms with Crippen LogP contribution in [0.15, 0.2) is 0 Å². The summed E-state index contributed by atoms with van der Waals surface area (Å²) in [6.07, 6.45) is 3.19. The fourth-order valence-electron chi connectivity index (χ4n) is 2.76. The van der Waals surface area contributed by atoms with Crippen molar-refractivity contribution in [3.8, 4) is 0 Å². The van der Waals surface area contributed by atoms with E-state index in [-0.39, 0.29) is 24.5 Å². The molecule has 0 aliphatic carbocycles. The van der Waals surface area contributed by atoms with E-state index in [1.54, 1.807) is 12.0 Å². The number of nitrogens with zero attached hydrogens (tertiary/aromatic N) is 1. The summed E-state index contributed by atoms with van der Waals surface area (Å²) in [5, 5.41) is 8.92. The lowest BCUT2D eigenvalue weighted by molar-refractivity contribution is -0.140. The maximum absolute atomic E-state index is 12.3. The average Bonchev–Trinajstić information content (AvgIpc) is 2.71. The molecule has 5 nitrogen and oxygen atoms in total. The molecule has 1 N–H and O–H groups in total. The number of hydrogen-bond acceptors (Lipinski definition) is 3. The van der Waals surface area contributed by atoms with Gasteiger partial charge in [-0.05, 0) is 12.3 Å². The molecule has 0 aromatic heterocycles. The van der Waals surface area contributed by atoms with Gasteiger partial charge in [0.05, 0.1) is 12.5 Å². The van der Waals surface area contributed by atoms with Crippen molar-refractivity contribution in [2.45, 2.75) is 58.1 Å². The molecule has 1 aliphatic rings. The number of methoxy groups -OCH3 is 1. The lowest BCUT2D eigenvalue weighted by Gasteiger charge is -2.24. The molecule has 1 fully saturated rings. The Morgan fingerprint density at radius 1 is 1.47 bits per heavy atom. The van der Waals surface area contributed by atoms with Crippen LogP contribution in [0.3, 0.4) is 0 Å². The Morgan fingerprint density at radius 3 is 2.68 bits per heavy atom. The summed E-state index contributed by atoms with van der Waals surface area (Å²) in [6, 6.07) is -0.219. The van der Waals surface area contributed by atoms with Crippen LogP contribution in [0.4, 0.5) is 0 Å². The average molecular weight is 271 g/mol. The van der Waals surface area contributed by atoms with E-state index in [1.165, 1.54) is 0 Å². The first kappa shape index (κ1) is 16.0. The molecule has 1 heterocycles. The van der Waals surface area contributed by atoms with Crippen LogP contribution in [0.2, 0.25) is 0 Å². The molecule has 0 aromatic rings. The van der Waals surface area contributed by atoms with Crippen molar-refractivity contribution in [3.63, 3.8) is 0 Å². The highest BCUT2D eigenvalue weighted by Gasteiger charge is 2.36. The smallest absolute Gasteiger partial charge is 0.305 e. The molecule has 0 aromatic carbocycles. The molecule has 0 bridgehead atoms. The van der Waals surface area contributed by atoms with E-state index in [0.717, 1.165) is 12.8 Å². The first-order valence-corrected chi connectivity index (χ1v) is 7.01. The van der Waals surface area contributed by atoms with Crippen LogP contribution in [0, 0.1) is 5.92 Å². The van der Waals surface area contributed by atoms with Crippen LogP contribution in [0.25, 0.3) is 0 Å². The van der Waals surface area contributed by atoms with E-state index in [0.29, 0.717) is 25.3 Å². The second-order valence-corrected chi connectivity index (χ2v) is 5.49. The molecule has 110 valence electrons. The minimum Gasteiger partial charge on any atom is -0.481 e. The van der Waals surface area contributed by atoms with Gasteiger partial charge in [0.2, 0.25) is 5.91 Å². The van der Waals surface area contributed by atoms with E-state index >= 15 is 0 Å². The van der Waals surface area contributed by atoms with Crippen LogP contribution in [0.1, 0.15) is 46.0 Å². The molecular weight excluding hydrogens is 246 g/mol. The van der Waals surface area contributed by atoms with E-state index in [9.17, 15) is 9.59 Å². The number of hydrogen-bond donors (Lipinski definition) is 1. The van der Waals surface area contributed by atoms with E-state index in [2.05, 4.69) is 13.8 Å². The van der Waals surface area contributed by atoms with E-state index in [4.69, 9.17) is 9.84 Å². The van der Waals surface area contributed by atoms with Crippen molar-refractivity contribution >= 4 is 11.9 Å². The standard InChI is InChI=1S/C14H25NO4/c1-4-5-10(2)6-13(16)15-9-12(19-3)7-11(15)8-14(17)18/h10-12H,4-9H2,1-3H3,(H,17,18). The molecule has 1 aliphatic heterocycles.